The highest BCUT2D eigenvalue weighted by Crippen LogP contribution is 2.33. The van der Waals surface area contributed by atoms with E-state index in [1.807, 2.05) is 0 Å². The number of halogens is 5. The van der Waals surface area contributed by atoms with Crippen LogP contribution in [0.3, 0.4) is 0 Å². The van der Waals surface area contributed by atoms with E-state index in [-0.39, 0.29) is 16.1 Å². The molecular formula is C14H11ClF4N2. The maximum absolute atomic E-state index is 14.0. The van der Waals surface area contributed by atoms with Crippen LogP contribution in [0.15, 0.2) is 42.5 Å². The van der Waals surface area contributed by atoms with Gasteiger partial charge in [-0.05, 0) is 23.8 Å². The summed E-state index contributed by atoms with van der Waals surface area (Å²) in [4.78, 5) is 0. The van der Waals surface area contributed by atoms with Crippen molar-refractivity contribution in [2.45, 2.75) is 12.2 Å². The topological polar surface area (TPSA) is 38.0 Å². The average Bonchev–Trinajstić information content (AvgIpc) is 2.44. The van der Waals surface area contributed by atoms with E-state index in [1.165, 1.54) is 30.3 Å². The molecule has 0 aliphatic carbocycles. The van der Waals surface area contributed by atoms with E-state index < -0.39 is 23.6 Å². The summed E-state index contributed by atoms with van der Waals surface area (Å²) in [6.45, 7) is 0. The number of benzene rings is 2. The maximum atomic E-state index is 14.0. The van der Waals surface area contributed by atoms with E-state index in [1.54, 1.807) is 0 Å². The largest absolute Gasteiger partial charge is 0.416 e. The first-order valence-corrected chi connectivity index (χ1v) is 6.29. The zero-order chi connectivity index (χ0) is 15.6. The van der Waals surface area contributed by atoms with Crippen molar-refractivity contribution in [3.63, 3.8) is 0 Å². The van der Waals surface area contributed by atoms with Crippen LogP contribution in [0.5, 0.6) is 0 Å². The molecule has 21 heavy (non-hydrogen) atoms. The van der Waals surface area contributed by atoms with Gasteiger partial charge in [0.05, 0.1) is 16.6 Å². The monoisotopic (exact) mass is 318 g/mol. The second-order valence-corrected chi connectivity index (χ2v) is 4.77. The SMILES string of the molecule is NNC(c1cccc(C(F)(F)F)c1)c1cccc(Cl)c1F. The minimum absolute atomic E-state index is 0.0734. The molecule has 0 spiro atoms. The first-order valence-electron chi connectivity index (χ1n) is 5.91. The van der Waals surface area contributed by atoms with Crippen LogP contribution < -0.4 is 11.3 Å². The van der Waals surface area contributed by atoms with Crippen LogP contribution in [0, 0.1) is 5.82 Å². The Morgan fingerprint density at radius 1 is 1.10 bits per heavy atom. The molecule has 0 aliphatic rings. The summed E-state index contributed by atoms with van der Waals surface area (Å²) in [6, 6.07) is 7.84. The van der Waals surface area contributed by atoms with Crippen molar-refractivity contribution in [3.8, 4) is 0 Å². The van der Waals surface area contributed by atoms with Crippen LogP contribution in [0.25, 0.3) is 0 Å². The fraction of sp³-hybridized carbons (Fsp3) is 0.143. The Bertz CT molecular complexity index is 643. The zero-order valence-corrected chi connectivity index (χ0v) is 11.3. The molecule has 2 nitrogen and oxygen atoms in total. The molecule has 112 valence electrons. The first-order chi connectivity index (χ1) is 9.84. The van der Waals surface area contributed by atoms with Crippen LogP contribution >= 0.6 is 11.6 Å². The van der Waals surface area contributed by atoms with Crippen molar-refractivity contribution in [2.75, 3.05) is 0 Å². The Morgan fingerprint density at radius 3 is 2.38 bits per heavy atom. The number of nitrogens with two attached hydrogens (primary N) is 1. The van der Waals surface area contributed by atoms with Crippen molar-refractivity contribution in [1.82, 2.24) is 5.43 Å². The first kappa shape index (κ1) is 15.8. The van der Waals surface area contributed by atoms with Gasteiger partial charge in [0.15, 0.2) is 0 Å². The third kappa shape index (κ3) is 3.34. The lowest BCUT2D eigenvalue weighted by atomic mass is 9.97. The molecule has 0 aliphatic heterocycles. The fourth-order valence-corrected chi connectivity index (χ4v) is 2.19. The lowest BCUT2D eigenvalue weighted by molar-refractivity contribution is -0.137. The van der Waals surface area contributed by atoms with Gasteiger partial charge in [-0.25, -0.2) is 9.82 Å². The Kier molecular flexibility index (Phi) is 4.51. The summed E-state index contributed by atoms with van der Waals surface area (Å²) in [6.07, 6.45) is -4.48. The minimum atomic E-state index is -4.48. The van der Waals surface area contributed by atoms with E-state index >= 15 is 0 Å². The van der Waals surface area contributed by atoms with Crippen LogP contribution in [-0.4, -0.2) is 0 Å². The van der Waals surface area contributed by atoms with Gasteiger partial charge in [0.1, 0.15) is 5.82 Å². The van der Waals surface area contributed by atoms with E-state index in [2.05, 4.69) is 5.43 Å². The fourth-order valence-electron chi connectivity index (χ4n) is 2.00. The molecular weight excluding hydrogens is 308 g/mol. The van der Waals surface area contributed by atoms with Gasteiger partial charge in [-0.2, -0.15) is 13.2 Å². The summed E-state index contributed by atoms with van der Waals surface area (Å²) in [7, 11) is 0. The van der Waals surface area contributed by atoms with Gasteiger partial charge in [-0.1, -0.05) is 35.9 Å². The standard InChI is InChI=1S/C14H11ClF4N2/c15-11-6-2-5-10(12(11)16)13(21-20)8-3-1-4-9(7-8)14(17,18)19/h1-7,13,21H,20H2. The molecule has 2 aromatic carbocycles. The number of nitrogens with one attached hydrogen (secondary N) is 1. The Hall–Kier alpha value is -1.63. The normalized spacial score (nSPS) is 13.2. The predicted octanol–water partition coefficient (Wildman–Crippen LogP) is 4.05. The molecule has 0 heterocycles. The van der Waals surface area contributed by atoms with Gasteiger partial charge in [0.2, 0.25) is 0 Å². The van der Waals surface area contributed by atoms with Crippen LogP contribution in [0.2, 0.25) is 5.02 Å². The average molecular weight is 319 g/mol. The van der Waals surface area contributed by atoms with E-state index in [9.17, 15) is 17.6 Å². The van der Waals surface area contributed by atoms with E-state index in [0.29, 0.717) is 0 Å². The molecule has 0 saturated carbocycles. The molecule has 0 aromatic heterocycles. The van der Waals surface area contributed by atoms with Crippen molar-refractivity contribution in [3.05, 3.63) is 70.0 Å². The van der Waals surface area contributed by atoms with Gasteiger partial charge >= 0.3 is 6.18 Å². The zero-order valence-electron chi connectivity index (χ0n) is 10.6. The molecule has 0 bridgehead atoms. The molecule has 2 aromatic rings. The lowest BCUT2D eigenvalue weighted by Crippen LogP contribution is -2.29. The number of rotatable bonds is 3. The highest BCUT2D eigenvalue weighted by Gasteiger charge is 2.31. The highest BCUT2D eigenvalue weighted by molar-refractivity contribution is 6.30. The summed E-state index contributed by atoms with van der Waals surface area (Å²) in [5.41, 5.74) is 1.75. The van der Waals surface area contributed by atoms with Gasteiger partial charge in [0.25, 0.3) is 0 Å². The van der Waals surface area contributed by atoms with Crippen LogP contribution in [0.1, 0.15) is 22.7 Å². The van der Waals surface area contributed by atoms with Gasteiger partial charge in [0, 0.05) is 5.56 Å². The summed E-state index contributed by atoms with van der Waals surface area (Å²) in [5.74, 6) is 4.65. The van der Waals surface area contributed by atoms with Gasteiger partial charge in [-0.15, -0.1) is 0 Å². The van der Waals surface area contributed by atoms with Gasteiger partial charge < -0.3 is 0 Å². The number of hydrogen-bond acceptors (Lipinski definition) is 2. The predicted molar refractivity (Wildman–Crippen MR) is 72.0 cm³/mol. The molecule has 0 saturated heterocycles. The molecule has 0 fully saturated rings. The van der Waals surface area contributed by atoms with E-state index in [0.717, 1.165) is 12.1 Å². The summed E-state index contributed by atoms with van der Waals surface area (Å²) in [5, 5.41) is -0.125. The molecule has 0 amide bonds. The smallest absolute Gasteiger partial charge is 0.271 e. The van der Waals surface area contributed by atoms with E-state index in [4.69, 9.17) is 17.4 Å². The lowest BCUT2D eigenvalue weighted by Gasteiger charge is -2.19. The maximum Gasteiger partial charge on any atom is 0.416 e. The second-order valence-electron chi connectivity index (χ2n) is 4.37. The summed E-state index contributed by atoms with van der Waals surface area (Å²) >= 11 is 5.68. The quantitative estimate of drug-likeness (QED) is 0.509. The Labute approximate surface area is 123 Å². The molecule has 1 atom stereocenters. The number of hydrazine groups is 1. The van der Waals surface area contributed by atoms with Gasteiger partial charge in [-0.3, -0.25) is 5.84 Å². The Balaban J connectivity index is 2.49. The van der Waals surface area contributed by atoms with Crippen LogP contribution in [-0.2, 0) is 6.18 Å². The second kappa shape index (κ2) is 6.01. The molecule has 0 radical (unpaired) electrons. The third-order valence-corrected chi connectivity index (χ3v) is 3.30. The number of hydrogen-bond donors (Lipinski definition) is 2. The molecule has 1 unspecified atom stereocenters. The van der Waals surface area contributed by atoms with Crippen molar-refractivity contribution >= 4 is 11.6 Å². The Morgan fingerprint density at radius 2 is 1.76 bits per heavy atom. The molecule has 3 N–H and O–H groups in total. The summed E-state index contributed by atoms with van der Waals surface area (Å²) < 4.78 is 52.2. The van der Waals surface area contributed by atoms with Crippen molar-refractivity contribution in [2.24, 2.45) is 5.84 Å². The minimum Gasteiger partial charge on any atom is -0.271 e. The highest BCUT2D eigenvalue weighted by atomic mass is 35.5. The number of alkyl halides is 3. The van der Waals surface area contributed by atoms with Crippen LogP contribution in [0.4, 0.5) is 17.6 Å². The van der Waals surface area contributed by atoms with Crippen molar-refractivity contribution in [1.29, 1.82) is 0 Å². The van der Waals surface area contributed by atoms with Crippen molar-refractivity contribution < 1.29 is 17.6 Å². The molecule has 7 heteroatoms. The molecule has 2 rings (SSSR count). The third-order valence-electron chi connectivity index (χ3n) is 3.01.